The maximum atomic E-state index is 9.17. The molecule has 0 bridgehead atoms. The van der Waals surface area contributed by atoms with Gasteiger partial charge in [-0.3, -0.25) is 0 Å². The minimum absolute atomic E-state index is 0.00953. The van der Waals surface area contributed by atoms with E-state index in [9.17, 15) is 5.11 Å². The first-order chi connectivity index (χ1) is 11.1. The first kappa shape index (κ1) is 17.5. The average molecular weight is 313 g/mol. The summed E-state index contributed by atoms with van der Waals surface area (Å²) in [4.78, 5) is 0. The highest BCUT2D eigenvalue weighted by molar-refractivity contribution is 5.27. The van der Waals surface area contributed by atoms with Crippen LogP contribution in [-0.4, -0.2) is 23.9 Å². The summed E-state index contributed by atoms with van der Waals surface area (Å²) >= 11 is 0. The molecular formula is C20H27NO2. The van der Waals surface area contributed by atoms with Gasteiger partial charge in [0.2, 0.25) is 0 Å². The Kier molecular flexibility index (Phi) is 6.63. The number of aliphatic hydroxyl groups excluding tert-OH is 1. The molecule has 0 radical (unpaired) electrons. The van der Waals surface area contributed by atoms with Gasteiger partial charge in [0.15, 0.2) is 0 Å². The van der Waals surface area contributed by atoms with Gasteiger partial charge in [0.05, 0.1) is 13.2 Å². The van der Waals surface area contributed by atoms with Crippen LogP contribution in [0.5, 0.6) is 5.75 Å². The van der Waals surface area contributed by atoms with E-state index >= 15 is 0 Å². The number of ether oxygens (including phenoxy) is 1. The Labute approximate surface area is 139 Å². The SMILES string of the molecule is C[C@](N)(CO)CCc1ccc(OCCCc2ccccc2)cc1. The Morgan fingerprint density at radius 1 is 0.957 bits per heavy atom. The van der Waals surface area contributed by atoms with E-state index in [1.165, 1.54) is 11.1 Å². The smallest absolute Gasteiger partial charge is 0.119 e. The Bertz CT molecular complexity index is 564. The van der Waals surface area contributed by atoms with Crippen molar-refractivity contribution < 1.29 is 9.84 Å². The van der Waals surface area contributed by atoms with Gasteiger partial charge < -0.3 is 15.6 Å². The lowest BCUT2D eigenvalue weighted by molar-refractivity contribution is 0.200. The third kappa shape index (κ3) is 6.43. The number of benzene rings is 2. The second-order valence-corrected chi connectivity index (χ2v) is 6.39. The van der Waals surface area contributed by atoms with E-state index in [0.717, 1.165) is 38.0 Å². The minimum Gasteiger partial charge on any atom is -0.494 e. The van der Waals surface area contributed by atoms with E-state index < -0.39 is 5.54 Å². The fraction of sp³-hybridized carbons (Fsp3) is 0.400. The predicted octanol–water partition coefficient (Wildman–Crippen LogP) is 3.34. The Balaban J connectivity index is 1.70. The van der Waals surface area contributed by atoms with Crippen LogP contribution in [-0.2, 0) is 12.8 Å². The number of aliphatic hydroxyl groups is 1. The van der Waals surface area contributed by atoms with E-state index in [0.29, 0.717) is 0 Å². The van der Waals surface area contributed by atoms with Crippen LogP contribution in [0.3, 0.4) is 0 Å². The molecule has 0 saturated heterocycles. The zero-order chi connectivity index (χ0) is 16.5. The number of aryl methyl sites for hydroxylation is 2. The Morgan fingerprint density at radius 3 is 2.26 bits per heavy atom. The molecule has 0 amide bonds. The van der Waals surface area contributed by atoms with Crippen LogP contribution >= 0.6 is 0 Å². The van der Waals surface area contributed by atoms with Gasteiger partial charge in [0.25, 0.3) is 0 Å². The third-order valence-electron chi connectivity index (χ3n) is 3.99. The van der Waals surface area contributed by atoms with Crippen LogP contribution < -0.4 is 10.5 Å². The van der Waals surface area contributed by atoms with E-state index in [1.54, 1.807) is 0 Å². The molecule has 3 nitrogen and oxygen atoms in total. The van der Waals surface area contributed by atoms with Gasteiger partial charge in [-0.15, -0.1) is 0 Å². The molecule has 0 saturated carbocycles. The predicted molar refractivity (Wildman–Crippen MR) is 94.7 cm³/mol. The van der Waals surface area contributed by atoms with Gasteiger partial charge in [-0.05, 0) is 55.9 Å². The normalized spacial score (nSPS) is 13.5. The number of rotatable bonds is 9. The lowest BCUT2D eigenvalue weighted by atomic mass is 9.95. The van der Waals surface area contributed by atoms with E-state index in [2.05, 4.69) is 36.4 Å². The van der Waals surface area contributed by atoms with Crippen molar-refractivity contribution in [1.29, 1.82) is 0 Å². The molecular weight excluding hydrogens is 286 g/mol. The molecule has 0 aliphatic rings. The van der Waals surface area contributed by atoms with E-state index in [1.807, 2.05) is 25.1 Å². The van der Waals surface area contributed by atoms with Gasteiger partial charge in [-0.1, -0.05) is 42.5 Å². The van der Waals surface area contributed by atoms with Crippen molar-refractivity contribution in [3.63, 3.8) is 0 Å². The topological polar surface area (TPSA) is 55.5 Å². The molecule has 2 aromatic rings. The van der Waals surface area contributed by atoms with Gasteiger partial charge >= 0.3 is 0 Å². The molecule has 0 spiro atoms. The maximum absolute atomic E-state index is 9.17. The molecule has 23 heavy (non-hydrogen) atoms. The van der Waals surface area contributed by atoms with Crippen LogP contribution in [0.25, 0.3) is 0 Å². The summed E-state index contributed by atoms with van der Waals surface area (Å²) in [6.07, 6.45) is 3.67. The number of hydrogen-bond donors (Lipinski definition) is 2. The summed E-state index contributed by atoms with van der Waals surface area (Å²) in [6, 6.07) is 18.6. The van der Waals surface area contributed by atoms with Crippen LogP contribution in [0.4, 0.5) is 0 Å². The number of hydrogen-bond acceptors (Lipinski definition) is 3. The van der Waals surface area contributed by atoms with Gasteiger partial charge in [-0.25, -0.2) is 0 Å². The minimum atomic E-state index is -0.507. The van der Waals surface area contributed by atoms with Crippen molar-refractivity contribution in [2.24, 2.45) is 5.73 Å². The first-order valence-corrected chi connectivity index (χ1v) is 8.24. The highest BCUT2D eigenvalue weighted by atomic mass is 16.5. The van der Waals surface area contributed by atoms with Crippen molar-refractivity contribution in [1.82, 2.24) is 0 Å². The van der Waals surface area contributed by atoms with E-state index in [-0.39, 0.29) is 6.61 Å². The van der Waals surface area contributed by atoms with Gasteiger partial charge in [0, 0.05) is 5.54 Å². The lowest BCUT2D eigenvalue weighted by Crippen LogP contribution is -2.40. The summed E-state index contributed by atoms with van der Waals surface area (Å²) in [5.41, 5.74) is 8.00. The van der Waals surface area contributed by atoms with Gasteiger partial charge in [0.1, 0.15) is 5.75 Å². The lowest BCUT2D eigenvalue weighted by Gasteiger charge is -2.21. The van der Waals surface area contributed by atoms with Crippen molar-refractivity contribution in [3.8, 4) is 5.75 Å². The standard InChI is InChI=1S/C20H27NO2/c1-20(21,16-22)14-13-18-9-11-19(12-10-18)23-15-5-8-17-6-3-2-4-7-17/h2-4,6-7,9-12,22H,5,8,13-16,21H2,1H3/t20-/m1/s1. The molecule has 0 aliphatic heterocycles. The van der Waals surface area contributed by atoms with Crippen molar-refractivity contribution in [2.45, 2.75) is 38.1 Å². The highest BCUT2D eigenvalue weighted by Crippen LogP contribution is 2.16. The fourth-order valence-electron chi connectivity index (χ4n) is 2.37. The third-order valence-corrected chi connectivity index (χ3v) is 3.99. The first-order valence-electron chi connectivity index (χ1n) is 8.24. The summed E-state index contributed by atoms with van der Waals surface area (Å²) < 4.78 is 5.78. The van der Waals surface area contributed by atoms with Crippen molar-refractivity contribution >= 4 is 0 Å². The molecule has 0 fully saturated rings. The molecule has 0 heterocycles. The Hall–Kier alpha value is -1.84. The second kappa shape index (κ2) is 8.70. The van der Waals surface area contributed by atoms with Crippen molar-refractivity contribution in [2.75, 3.05) is 13.2 Å². The molecule has 0 aliphatic carbocycles. The molecule has 1 atom stereocenters. The maximum Gasteiger partial charge on any atom is 0.119 e. The van der Waals surface area contributed by atoms with Crippen LogP contribution in [0.15, 0.2) is 54.6 Å². The molecule has 3 N–H and O–H groups in total. The largest absolute Gasteiger partial charge is 0.494 e. The summed E-state index contributed by atoms with van der Waals surface area (Å²) in [6.45, 7) is 2.60. The quantitative estimate of drug-likeness (QED) is 0.698. The molecule has 0 aromatic heterocycles. The zero-order valence-electron chi connectivity index (χ0n) is 13.9. The molecule has 2 rings (SSSR count). The molecule has 3 heteroatoms. The summed E-state index contributed by atoms with van der Waals surface area (Å²) in [7, 11) is 0. The number of nitrogens with two attached hydrogens (primary N) is 1. The zero-order valence-corrected chi connectivity index (χ0v) is 13.9. The molecule has 124 valence electrons. The monoisotopic (exact) mass is 313 g/mol. The van der Waals surface area contributed by atoms with E-state index in [4.69, 9.17) is 10.5 Å². The summed E-state index contributed by atoms with van der Waals surface area (Å²) in [5, 5.41) is 9.17. The highest BCUT2D eigenvalue weighted by Gasteiger charge is 2.16. The van der Waals surface area contributed by atoms with Crippen LogP contribution in [0.1, 0.15) is 30.9 Å². The van der Waals surface area contributed by atoms with Gasteiger partial charge in [-0.2, -0.15) is 0 Å². The van der Waals surface area contributed by atoms with Crippen molar-refractivity contribution in [3.05, 3.63) is 65.7 Å². The summed E-state index contributed by atoms with van der Waals surface area (Å²) in [5.74, 6) is 0.902. The average Bonchev–Trinajstić information content (AvgIpc) is 2.59. The molecule has 2 aromatic carbocycles. The van der Waals surface area contributed by atoms with Crippen LogP contribution in [0, 0.1) is 0 Å². The molecule has 0 unspecified atom stereocenters. The Morgan fingerprint density at radius 2 is 1.61 bits per heavy atom. The van der Waals surface area contributed by atoms with Crippen LogP contribution in [0.2, 0.25) is 0 Å². The fourth-order valence-corrected chi connectivity index (χ4v) is 2.37. The second-order valence-electron chi connectivity index (χ2n) is 6.39.